The van der Waals surface area contributed by atoms with Gasteiger partial charge in [0.15, 0.2) is 0 Å². The molecule has 1 N–H and O–H groups in total. The first kappa shape index (κ1) is 16.0. The number of hydrogen-bond donors (Lipinski definition) is 1. The van der Waals surface area contributed by atoms with E-state index >= 15 is 0 Å². The first-order chi connectivity index (χ1) is 8.66. The van der Waals surface area contributed by atoms with Crippen molar-refractivity contribution in [1.29, 1.82) is 0 Å². The van der Waals surface area contributed by atoms with Crippen LogP contribution >= 0.6 is 0 Å². The van der Waals surface area contributed by atoms with E-state index in [0.29, 0.717) is 13.0 Å². The summed E-state index contributed by atoms with van der Waals surface area (Å²) in [5.41, 5.74) is -0.129. The zero-order valence-electron chi connectivity index (χ0n) is 12.5. The van der Waals surface area contributed by atoms with Gasteiger partial charge in [-0.05, 0) is 11.8 Å². The Bertz CT molecular complexity index is 348. The van der Waals surface area contributed by atoms with Crippen LogP contribution in [0.15, 0.2) is 0 Å². The van der Waals surface area contributed by atoms with Crippen LogP contribution < -0.4 is 0 Å². The van der Waals surface area contributed by atoms with E-state index in [1.807, 2.05) is 27.7 Å². The SMILES string of the molecule is COC1CC(CC(=O)O)N(C(=O)C(C)C(C)(C)C)C1. The summed E-state index contributed by atoms with van der Waals surface area (Å²) < 4.78 is 5.28. The molecule has 0 aromatic heterocycles. The summed E-state index contributed by atoms with van der Waals surface area (Å²) in [7, 11) is 1.60. The minimum atomic E-state index is -0.872. The molecule has 0 spiro atoms. The average Bonchev–Trinajstić information content (AvgIpc) is 2.68. The van der Waals surface area contributed by atoms with Gasteiger partial charge in [0.05, 0.1) is 12.5 Å². The Balaban J connectivity index is 2.83. The van der Waals surface area contributed by atoms with Gasteiger partial charge >= 0.3 is 5.97 Å². The average molecular weight is 271 g/mol. The molecule has 1 fully saturated rings. The lowest BCUT2D eigenvalue weighted by molar-refractivity contribution is -0.142. The van der Waals surface area contributed by atoms with Gasteiger partial charge in [0, 0.05) is 25.6 Å². The van der Waals surface area contributed by atoms with E-state index in [9.17, 15) is 9.59 Å². The molecule has 5 nitrogen and oxygen atoms in total. The van der Waals surface area contributed by atoms with Gasteiger partial charge in [0.1, 0.15) is 0 Å². The molecule has 0 aromatic carbocycles. The van der Waals surface area contributed by atoms with Gasteiger partial charge in [-0.15, -0.1) is 0 Å². The van der Waals surface area contributed by atoms with Crippen molar-refractivity contribution in [2.45, 2.75) is 52.7 Å². The van der Waals surface area contributed by atoms with E-state index in [0.717, 1.165) is 0 Å². The van der Waals surface area contributed by atoms with Gasteiger partial charge in [-0.3, -0.25) is 9.59 Å². The zero-order valence-corrected chi connectivity index (χ0v) is 12.5. The van der Waals surface area contributed by atoms with E-state index in [1.165, 1.54) is 0 Å². The van der Waals surface area contributed by atoms with Crippen molar-refractivity contribution >= 4 is 11.9 Å². The van der Waals surface area contributed by atoms with Gasteiger partial charge < -0.3 is 14.7 Å². The molecule has 0 aromatic rings. The van der Waals surface area contributed by atoms with Crippen LogP contribution in [0.5, 0.6) is 0 Å². The molecule has 3 atom stereocenters. The maximum atomic E-state index is 12.5. The number of hydrogen-bond acceptors (Lipinski definition) is 3. The number of amides is 1. The van der Waals surface area contributed by atoms with Crippen molar-refractivity contribution in [3.63, 3.8) is 0 Å². The van der Waals surface area contributed by atoms with E-state index in [4.69, 9.17) is 9.84 Å². The van der Waals surface area contributed by atoms with Gasteiger partial charge in [-0.2, -0.15) is 0 Å². The Morgan fingerprint density at radius 1 is 1.42 bits per heavy atom. The second-order valence-electron chi connectivity index (χ2n) is 6.42. The van der Waals surface area contributed by atoms with Crippen molar-refractivity contribution in [3.05, 3.63) is 0 Å². The predicted molar refractivity (Wildman–Crippen MR) is 71.8 cm³/mol. The fourth-order valence-electron chi connectivity index (χ4n) is 2.33. The smallest absolute Gasteiger partial charge is 0.305 e. The van der Waals surface area contributed by atoms with E-state index < -0.39 is 5.97 Å². The van der Waals surface area contributed by atoms with Gasteiger partial charge in [0.2, 0.25) is 5.91 Å². The van der Waals surface area contributed by atoms with Crippen LogP contribution in [0, 0.1) is 11.3 Å². The first-order valence-corrected chi connectivity index (χ1v) is 6.72. The van der Waals surface area contributed by atoms with Crippen molar-refractivity contribution in [2.75, 3.05) is 13.7 Å². The van der Waals surface area contributed by atoms with Crippen LogP contribution in [-0.2, 0) is 14.3 Å². The molecule has 19 heavy (non-hydrogen) atoms. The van der Waals surface area contributed by atoms with Crippen molar-refractivity contribution in [1.82, 2.24) is 4.90 Å². The van der Waals surface area contributed by atoms with E-state index in [2.05, 4.69) is 0 Å². The Morgan fingerprint density at radius 2 is 2.00 bits per heavy atom. The van der Waals surface area contributed by atoms with Crippen molar-refractivity contribution in [3.8, 4) is 0 Å². The largest absolute Gasteiger partial charge is 0.481 e. The van der Waals surface area contributed by atoms with Crippen LogP contribution in [0.3, 0.4) is 0 Å². The Kier molecular flexibility index (Phi) is 4.96. The van der Waals surface area contributed by atoms with Crippen LogP contribution in [0.2, 0.25) is 0 Å². The summed E-state index contributed by atoms with van der Waals surface area (Å²) in [5.74, 6) is -0.985. The molecule has 0 saturated carbocycles. The highest BCUT2D eigenvalue weighted by atomic mass is 16.5. The predicted octanol–water partition coefficient (Wildman–Crippen LogP) is 1.76. The lowest BCUT2D eigenvalue weighted by Crippen LogP contribution is -2.43. The molecule has 3 unspecified atom stereocenters. The molecule has 1 aliphatic rings. The third-order valence-electron chi connectivity index (χ3n) is 4.07. The van der Waals surface area contributed by atoms with Gasteiger partial charge in [-0.1, -0.05) is 27.7 Å². The lowest BCUT2D eigenvalue weighted by atomic mass is 9.81. The second-order valence-corrected chi connectivity index (χ2v) is 6.42. The topological polar surface area (TPSA) is 66.8 Å². The number of likely N-dealkylation sites (tertiary alicyclic amines) is 1. The second kappa shape index (κ2) is 5.90. The molecule has 1 aliphatic heterocycles. The highest BCUT2D eigenvalue weighted by Crippen LogP contribution is 2.31. The lowest BCUT2D eigenvalue weighted by Gasteiger charge is -2.32. The van der Waals surface area contributed by atoms with Crippen molar-refractivity contribution < 1.29 is 19.4 Å². The number of carbonyl (C=O) groups is 2. The molecule has 1 amide bonds. The minimum absolute atomic E-state index is 0.0114. The van der Waals surface area contributed by atoms with Gasteiger partial charge in [0.25, 0.3) is 0 Å². The van der Waals surface area contributed by atoms with Crippen LogP contribution in [0.25, 0.3) is 0 Å². The molecular weight excluding hydrogens is 246 g/mol. The molecule has 0 bridgehead atoms. The third kappa shape index (κ3) is 3.93. The Labute approximate surface area is 114 Å². The number of nitrogens with zero attached hydrogens (tertiary/aromatic N) is 1. The molecule has 0 aliphatic carbocycles. The van der Waals surface area contributed by atoms with E-state index in [-0.39, 0.29) is 35.8 Å². The number of carbonyl (C=O) groups excluding carboxylic acids is 1. The quantitative estimate of drug-likeness (QED) is 0.846. The summed E-state index contributed by atoms with van der Waals surface area (Å²) in [6.45, 7) is 8.46. The zero-order chi connectivity index (χ0) is 14.8. The maximum Gasteiger partial charge on any atom is 0.305 e. The van der Waals surface area contributed by atoms with Crippen LogP contribution in [0.4, 0.5) is 0 Å². The van der Waals surface area contributed by atoms with Crippen molar-refractivity contribution in [2.24, 2.45) is 11.3 Å². The molecule has 0 radical (unpaired) electrons. The number of aliphatic carboxylic acids is 1. The fourth-order valence-corrected chi connectivity index (χ4v) is 2.33. The molecular formula is C14H25NO4. The summed E-state index contributed by atoms with van der Waals surface area (Å²) >= 11 is 0. The summed E-state index contributed by atoms with van der Waals surface area (Å²) in [5, 5.41) is 8.95. The highest BCUT2D eigenvalue weighted by Gasteiger charge is 2.40. The normalized spacial score (nSPS) is 25.4. The monoisotopic (exact) mass is 271 g/mol. The van der Waals surface area contributed by atoms with E-state index in [1.54, 1.807) is 12.0 Å². The van der Waals surface area contributed by atoms with Gasteiger partial charge in [-0.25, -0.2) is 0 Å². The first-order valence-electron chi connectivity index (χ1n) is 6.72. The van der Waals surface area contributed by atoms with Crippen LogP contribution in [0.1, 0.15) is 40.5 Å². The number of ether oxygens (including phenoxy) is 1. The third-order valence-corrected chi connectivity index (χ3v) is 4.07. The number of rotatable bonds is 4. The number of carboxylic acid groups (broad SMARTS) is 1. The molecule has 1 rings (SSSR count). The molecule has 110 valence electrons. The summed E-state index contributed by atoms with van der Waals surface area (Å²) in [6, 6.07) is -0.250. The minimum Gasteiger partial charge on any atom is -0.481 e. The molecule has 5 heteroatoms. The molecule has 1 heterocycles. The maximum absolute atomic E-state index is 12.5. The fraction of sp³-hybridized carbons (Fsp3) is 0.857. The Morgan fingerprint density at radius 3 is 2.42 bits per heavy atom. The number of methoxy groups -OCH3 is 1. The number of carboxylic acids is 1. The molecule has 1 saturated heterocycles. The Hall–Kier alpha value is -1.10. The highest BCUT2D eigenvalue weighted by molar-refractivity contribution is 5.80. The van der Waals surface area contributed by atoms with Crippen LogP contribution in [-0.4, -0.2) is 47.7 Å². The standard InChI is InChI=1S/C14H25NO4/c1-9(14(2,3)4)13(18)15-8-11(19-5)6-10(15)7-12(16)17/h9-11H,6-8H2,1-5H3,(H,16,17). The summed E-state index contributed by atoms with van der Waals surface area (Å²) in [6.07, 6.45) is 0.536. The summed E-state index contributed by atoms with van der Waals surface area (Å²) in [4.78, 5) is 25.1.